The average Bonchev–Trinajstić information content (AvgIpc) is 3.35. The van der Waals surface area contributed by atoms with Gasteiger partial charge in [0, 0.05) is 17.3 Å². The zero-order valence-corrected chi connectivity index (χ0v) is 14.8. The Kier molecular flexibility index (Phi) is 4.69. The summed E-state index contributed by atoms with van der Waals surface area (Å²) in [5.74, 6) is 0.0177. The lowest BCUT2D eigenvalue weighted by atomic mass is 9.89. The van der Waals surface area contributed by atoms with Crippen LogP contribution in [0.1, 0.15) is 42.5 Å². The average molecular weight is 374 g/mol. The van der Waals surface area contributed by atoms with Crippen molar-refractivity contribution >= 4 is 17.0 Å². The molecule has 3 heterocycles. The molecule has 1 fully saturated rings. The topological polar surface area (TPSA) is 97.0 Å². The molecule has 0 amide bonds. The Morgan fingerprint density at radius 1 is 1.22 bits per heavy atom. The van der Waals surface area contributed by atoms with E-state index in [1.165, 1.54) is 56.3 Å². The number of fused-ring (bicyclic) bond motifs is 1. The van der Waals surface area contributed by atoms with Crippen LogP contribution >= 0.6 is 0 Å². The number of methoxy groups -OCH3 is 1. The maximum Gasteiger partial charge on any atom is 0.382 e. The Bertz CT molecular complexity index is 963. The first-order valence-electron chi connectivity index (χ1n) is 8.85. The SMILES string of the molecule is COc1nc(-n2cc(C(=O)OF)cn2)nc2cnn(CC3CCCCC3)c12. The Balaban J connectivity index is 1.68. The third-order valence-electron chi connectivity index (χ3n) is 4.89. The van der Waals surface area contributed by atoms with Crippen LogP contribution in [0.2, 0.25) is 0 Å². The number of hydrogen-bond donors (Lipinski definition) is 0. The molecule has 0 unspecified atom stereocenters. The van der Waals surface area contributed by atoms with Crippen molar-refractivity contribution in [2.24, 2.45) is 5.92 Å². The van der Waals surface area contributed by atoms with Crippen molar-refractivity contribution in [2.75, 3.05) is 7.11 Å². The molecule has 0 aromatic carbocycles. The van der Waals surface area contributed by atoms with Gasteiger partial charge in [-0.05, 0) is 18.8 Å². The van der Waals surface area contributed by atoms with Gasteiger partial charge in [0.2, 0.25) is 5.88 Å². The van der Waals surface area contributed by atoms with Crippen LogP contribution < -0.4 is 4.74 Å². The number of halogens is 1. The highest BCUT2D eigenvalue weighted by atomic mass is 19.3. The van der Waals surface area contributed by atoms with Crippen LogP contribution in [-0.2, 0) is 11.5 Å². The van der Waals surface area contributed by atoms with Gasteiger partial charge in [0.25, 0.3) is 5.95 Å². The van der Waals surface area contributed by atoms with E-state index in [-0.39, 0.29) is 11.5 Å². The maximum absolute atomic E-state index is 12.1. The van der Waals surface area contributed by atoms with E-state index in [9.17, 15) is 9.32 Å². The van der Waals surface area contributed by atoms with E-state index >= 15 is 0 Å². The molecule has 27 heavy (non-hydrogen) atoms. The van der Waals surface area contributed by atoms with Crippen molar-refractivity contribution in [2.45, 2.75) is 38.6 Å². The van der Waals surface area contributed by atoms with Crippen molar-refractivity contribution in [1.82, 2.24) is 29.5 Å². The van der Waals surface area contributed by atoms with Gasteiger partial charge in [-0.2, -0.15) is 15.2 Å². The van der Waals surface area contributed by atoms with Crippen molar-refractivity contribution in [3.63, 3.8) is 0 Å². The maximum atomic E-state index is 12.1. The summed E-state index contributed by atoms with van der Waals surface area (Å²) in [7, 11) is 1.53. The summed E-state index contributed by atoms with van der Waals surface area (Å²) in [6, 6.07) is 0. The zero-order chi connectivity index (χ0) is 18.8. The number of carbonyl (C=O) groups is 1. The molecular weight excluding hydrogens is 355 g/mol. The lowest BCUT2D eigenvalue weighted by Gasteiger charge is -2.21. The summed E-state index contributed by atoms with van der Waals surface area (Å²) in [6.07, 6.45) is 10.3. The van der Waals surface area contributed by atoms with E-state index in [1.54, 1.807) is 6.20 Å². The second-order valence-electron chi connectivity index (χ2n) is 6.64. The molecule has 1 aliphatic carbocycles. The van der Waals surface area contributed by atoms with Crippen LogP contribution in [0.5, 0.6) is 5.88 Å². The fourth-order valence-electron chi connectivity index (χ4n) is 3.53. The van der Waals surface area contributed by atoms with Gasteiger partial charge in [-0.3, -0.25) is 4.68 Å². The van der Waals surface area contributed by atoms with Gasteiger partial charge in [-0.1, -0.05) is 19.3 Å². The number of carbonyl (C=O) groups excluding carboxylic acids is 1. The largest absolute Gasteiger partial charge is 0.479 e. The molecule has 4 rings (SSSR count). The number of aromatic nitrogens is 6. The van der Waals surface area contributed by atoms with Crippen LogP contribution in [0.25, 0.3) is 17.0 Å². The molecule has 0 spiro atoms. The Labute approximate surface area is 154 Å². The fraction of sp³-hybridized carbons (Fsp3) is 0.471. The zero-order valence-electron chi connectivity index (χ0n) is 14.8. The van der Waals surface area contributed by atoms with Crippen molar-refractivity contribution in [1.29, 1.82) is 0 Å². The summed E-state index contributed by atoms with van der Waals surface area (Å²) >= 11 is 0. The molecule has 1 aliphatic rings. The van der Waals surface area contributed by atoms with Gasteiger partial charge in [0.05, 0.1) is 19.5 Å². The molecule has 9 nitrogen and oxygen atoms in total. The van der Waals surface area contributed by atoms with E-state index in [0.717, 1.165) is 12.1 Å². The first-order valence-corrected chi connectivity index (χ1v) is 8.85. The van der Waals surface area contributed by atoms with Gasteiger partial charge < -0.3 is 4.74 Å². The van der Waals surface area contributed by atoms with Crippen molar-refractivity contribution < 1.29 is 19.0 Å². The minimum Gasteiger partial charge on any atom is -0.479 e. The van der Waals surface area contributed by atoms with Crippen LogP contribution in [0.15, 0.2) is 18.6 Å². The lowest BCUT2D eigenvalue weighted by molar-refractivity contribution is -0.0788. The quantitative estimate of drug-likeness (QED) is 0.677. The van der Waals surface area contributed by atoms with E-state index < -0.39 is 5.97 Å². The third-order valence-corrected chi connectivity index (χ3v) is 4.89. The summed E-state index contributed by atoms with van der Waals surface area (Å²) in [6.45, 7) is 0.802. The standard InChI is InChI=1S/C17H19FN6O3/c1-26-15-14-13(8-20-23(14)9-11-5-3-2-4-6-11)21-17(22-15)24-10-12(7-19-24)16(25)27-18/h7-8,10-11H,2-6,9H2,1H3. The van der Waals surface area contributed by atoms with E-state index in [2.05, 4.69) is 25.1 Å². The second kappa shape index (κ2) is 7.29. The molecule has 3 aromatic heterocycles. The minimum atomic E-state index is -1.13. The number of hydrogen-bond acceptors (Lipinski definition) is 7. The van der Waals surface area contributed by atoms with Gasteiger partial charge in [0.15, 0.2) is 0 Å². The molecule has 0 radical (unpaired) electrons. The molecule has 0 saturated heterocycles. The van der Waals surface area contributed by atoms with E-state index in [4.69, 9.17) is 4.74 Å². The molecule has 10 heteroatoms. The molecule has 142 valence electrons. The Morgan fingerprint density at radius 3 is 2.78 bits per heavy atom. The van der Waals surface area contributed by atoms with E-state index in [1.807, 2.05) is 4.68 Å². The van der Waals surface area contributed by atoms with Crippen molar-refractivity contribution in [3.05, 3.63) is 24.2 Å². The smallest absolute Gasteiger partial charge is 0.382 e. The molecule has 0 bridgehead atoms. The lowest BCUT2D eigenvalue weighted by Crippen LogP contribution is -2.15. The monoisotopic (exact) mass is 374 g/mol. The normalized spacial score (nSPS) is 15.2. The molecule has 0 N–H and O–H groups in total. The fourth-order valence-corrected chi connectivity index (χ4v) is 3.53. The highest BCUT2D eigenvalue weighted by Crippen LogP contribution is 2.28. The van der Waals surface area contributed by atoms with Crippen LogP contribution in [0, 0.1) is 5.92 Å². The summed E-state index contributed by atoms with van der Waals surface area (Å²) in [5, 5.41) is 8.44. The highest BCUT2D eigenvalue weighted by molar-refractivity contribution is 5.88. The third kappa shape index (κ3) is 3.34. The highest BCUT2D eigenvalue weighted by Gasteiger charge is 2.20. The summed E-state index contributed by atoms with van der Waals surface area (Å²) in [5.41, 5.74) is 1.29. The molecular formula is C17H19FN6O3. The predicted octanol–water partition coefficient (Wildman–Crippen LogP) is 2.64. The number of rotatable bonds is 5. The van der Waals surface area contributed by atoms with Crippen LogP contribution in [-0.4, -0.2) is 42.6 Å². The second-order valence-corrected chi connectivity index (χ2v) is 6.64. The number of nitrogens with zero attached hydrogens (tertiary/aromatic N) is 6. The molecule has 0 aliphatic heterocycles. The number of ether oxygens (including phenoxy) is 1. The van der Waals surface area contributed by atoms with Gasteiger partial charge >= 0.3 is 5.97 Å². The van der Waals surface area contributed by atoms with E-state index in [0.29, 0.717) is 17.3 Å². The van der Waals surface area contributed by atoms with Crippen LogP contribution in [0.4, 0.5) is 4.53 Å². The minimum absolute atomic E-state index is 0.0480. The first-order chi connectivity index (χ1) is 13.2. The van der Waals surface area contributed by atoms with Gasteiger partial charge in [-0.25, -0.2) is 19.4 Å². The Morgan fingerprint density at radius 2 is 2.04 bits per heavy atom. The van der Waals surface area contributed by atoms with Gasteiger partial charge in [0.1, 0.15) is 16.6 Å². The summed E-state index contributed by atoms with van der Waals surface area (Å²) < 4.78 is 20.7. The van der Waals surface area contributed by atoms with Crippen molar-refractivity contribution in [3.8, 4) is 11.8 Å². The molecule has 1 saturated carbocycles. The van der Waals surface area contributed by atoms with Crippen LogP contribution in [0.3, 0.4) is 0 Å². The summed E-state index contributed by atoms with van der Waals surface area (Å²) in [4.78, 5) is 23.3. The Hall–Kier alpha value is -3.04. The molecule has 3 aromatic rings. The van der Waals surface area contributed by atoms with Gasteiger partial charge in [-0.15, -0.1) is 0 Å². The predicted molar refractivity (Wildman–Crippen MR) is 92.1 cm³/mol. The first kappa shape index (κ1) is 17.4. The molecule has 0 atom stereocenters.